The van der Waals surface area contributed by atoms with E-state index in [0.717, 1.165) is 70.6 Å². The van der Waals surface area contributed by atoms with Gasteiger partial charge in [0.1, 0.15) is 0 Å². The first kappa shape index (κ1) is 20.2. The normalized spacial score (nSPS) is 24.2. The number of para-hydroxylation sites is 1. The van der Waals surface area contributed by atoms with Crippen molar-refractivity contribution in [3.8, 4) is 0 Å². The van der Waals surface area contributed by atoms with Gasteiger partial charge in [-0.1, -0.05) is 18.2 Å². The molecule has 0 unspecified atom stereocenters. The molecular weight excluding hydrogens is 366 g/mol. The number of carbonyl (C=O) groups is 2. The molecule has 0 radical (unpaired) electrons. The molecule has 3 fully saturated rings. The molecule has 1 aromatic rings. The van der Waals surface area contributed by atoms with E-state index in [1.54, 1.807) is 0 Å². The number of ether oxygens (including phenoxy) is 1. The summed E-state index contributed by atoms with van der Waals surface area (Å²) in [6.45, 7) is 4.39. The summed E-state index contributed by atoms with van der Waals surface area (Å²) in [4.78, 5) is 31.3. The second-order valence-electron chi connectivity index (χ2n) is 8.98. The summed E-state index contributed by atoms with van der Waals surface area (Å²) < 4.78 is 5.75. The number of rotatable bonds is 5. The quantitative estimate of drug-likeness (QED) is 0.764. The van der Waals surface area contributed by atoms with Gasteiger partial charge in [-0.25, -0.2) is 0 Å². The van der Waals surface area contributed by atoms with Gasteiger partial charge in [0, 0.05) is 51.9 Å². The lowest BCUT2D eigenvalue weighted by Gasteiger charge is -2.48. The van der Waals surface area contributed by atoms with E-state index in [2.05, 4.69) is 0 Å². The van der Waals surface area contributed by atoms with Crippen LogP contribution in [0.2, 0.25) is 0 Å². The van der Waals surface area contributed by atoms with Gasteiger partial charge in [0.2, 0.25) is 11.8 Å². The molecule has 158 valence electrons. The number of likely N-dealkylation sites (tertiary alicyclic amines) is 2. The second-order valence-corrected chi connectivity index (χ2v) is 8.98. The molecule has 3 aliphatic heterocycles. The van der Waals surface area contributed by atoms with E-state index in [4.69, 9.17) is 4.74 Å². The fourth-order valence-electron chi connectivity index (χ4n) is 5.02. The van der Waals surface area contributed by atoms with Gasteiger partial charge in [-0.2, -0.15) is 0 Å². The van der Waals surface area contributed by atoms with Crippen LogP contribution in [0.25, 0.3) is 0 Å². The first-order valence-electron chi connectivity index (χ1n) is 11.0. The minimum absolute atomic E-state index is 0.175. The Bertz CT molecular complexity index is 709. The first-order chi connectivity index (χ1) is 14.0. The Morgan fingerprint density at radius 2 is 1.97 bits per heavy atom. The van der Waals surface area contributed by atoms with E-state index in [9.17, 15) is 9.59 Å². The number of hydrogen-bond donors (Lipinski definition) is 0. The number of nitrogens with zero attached hydrogens (tertiary/aromatic N) is 3. The minimum atomic E-state index is 0.175. The van der Waals surface area contributed by atoms with Crippen LogP contribution < -0.4 is 4.90 Å². The molecule has 0 bridgehead atoms. The number of benzene rings is 1. The first-order valence-corrected chi connectivity index (χ1v) is 11.0. The van der Waals surface area contributed by atoms with Gasteiger partial charge in [0.25, 0.3) is 0 Å². The van der Waals surface area contributed by atoms with Crippen molar-refractivity contribution in [3.05, 3.63) is 30.3 Å². The van der Waals surface area contributed by atoms with E-state index < -0.39 is 0 Å². The highest BCUT2D eigenvalue weighted by Crippen LogP contribution is 2.40. The lowest BCUT2D eigenvalue weighted by Crippen LogP contribution is -2.54. The van der Waals surface area contributed by atoms with Crippen LogP contribution in [0.5, 0.6) is 0 Å². The van der Waals surface area contributed by atoms with Crippen molar-refractivity contribution in [2.45, 2.75) is 44.6 Å². The fourth-order valence-corrected chi connectivity index (χ4v) is 5.02. The Kier molecular flexibility index (Phi) is 6.09. The fraction of sp³-hybridized carbons (Fsp3) is 0.652. The van der Waals surface area contributed by atoms with Crippen LogP contribution in [-0.2, 0) is 14.3 Å². The zero-order valence-electron chi connectivity index (χ0n) is 17.5. The summed E-state index contributed by atoms with van der Waals surface area (Å²) in [5, 5.41) is 0. The Labute approximate surface area is 173 Å². The molecule has 6 heteroatoms. The number of likely N-dealkylation sites (N-methyl/N-ethyl adjacent to an activating group) is 1. The summed E-state index contributed by atoms with van der Waals surface area (Å²) in [5.41, 5.74) is 1.24. The summed E-state index contributed by atoms with van der Waals surface area (Å²) in [6.07, 6.45) is 5.95. The van der Waals surface area contributed by atoms with Crippen molar-refractivity contribution in [1.29, 1.82) is 0 Å². The molecule has 1 aromatic carbocycles. The Balaban J connectivity index is 1.29. The molecule has 29 heavy (non-hydrogen) atoms. The van der Waals surface area contributed by atoms with Gasteiger partial charge >= 0.3 is 0 Å². The van der Waals surface area contributed by atoms with Crippen LogP contribution >= 0.6 is 0 Å². The van der Waals surface area contributed by atoms with Crippen molar-refractivity contribution < 1.29 is 14.3 Å². The van der Waals surface area contributed by atoms with Gasteiger partial charge in [0.15, 0.2) is 0 Å². The molecule has 4 rings (SSSR count). The molecule has 1 atom stereocenters. The van der Waals surface area contributed by atoms with E-state index >= 15 is 0 Å². The van der Waals surface area contributed by atoms with Crippen molar-refractivity contribution in [3.63, 3.8) is 0 Å². The summed E-state index contributed by atoms with van der Waals surface area (Å²) in [7, 11) is 1.97. The predicted octanol–water partition coefficient (Wildman–Crippen LogP) is 2.53. The lowest BCUT2D eigenvalue weighted by atomic mass is 9.72. The standard InChI is InChI=1S/C23H33N3O3/c1-24(19-6-3-2-4-7-19)17-22(28)25-13-11-23(12-14-25)10-9-21(27)26(18-23)16-20-8-5-15-29-20/h2-4,6-7,20H,5,8-18H2,1H3/t20-/m1/s1. The largest absolute Gasteiger partial charge is 0.376 e. The molecule has 0 N–H and O–H groups in total. The van der Waals surface area contributed by atoms with Crippen LogP contribution in [-0.4, -0.2) is 74.1 Å². The molecule has 3 heterocycles. The highest BCUT2D eigenvalue weighted by Gasteiger charge is 2.42. The highest BCUT2D eigenvalue weighted by molar-refractivity contribution is 5.81. The van der Waals surface area contributed by atoms with Crippen LogP contribution in [0, 0.1) is 5.41 Å². The SMILES string of the molecule is CN(CC(=O)N1CCC2(CCC(=O)N(C[C@H]3CCCO3)C2)CC1)c1ccccc1. The number of carbonyl (C=O) groups excluding carboxylic acids is 2. The van der Waals surface area contributed by atoms with Gasteiger partial charge in [-0.15, -0.1) is 0 Å². The average molecular weight is 400 g/mol. The Morgan fingerprint density at radius 3 is 2.66 bits per heavy atom. The zero-order valence-corrected chi connectivity index (χ0v) is 17.5. The molecule has 2 amide bonds. The Hall–Kier alpha value is -2.08. The molecule has 0 aliphatic carbocycles. The molecule has 1 spiro atoms. The maximum Gasteiger partial charge on any atom is 0.242 e. The third-order valence-corrected chi connectivity index (χ3v) is 6.94. The van der Waals surface area contributed by atoms with Crippen LogP contribution in [0.1, 0.15) is 38.5 Å². The molecular formula is C23H33N3O3. The smallest absolute Gasteiger partial charge is 0.242 e. The van der Waals surface area contributed by atoms with E-state index in [0.29, 0.717) is 13.0 Å². The van der Waals surface area contributed by atoms with E-state index in [1.807, 2.05) is 52.1 Å². The van der Waals surface area contributed by atoms with Gasteiger partial charge in [-0.05, 0) is 49.7 Å². The molecule has 3 aliphatic rings. The van der Waals surface area contributed by atoms with Gasteiger partial charge in [-0.3, -0.25) is 9.59 Å². The predicted molar refractivity (Wildman–Crippen MR) is 113 cm³/mol. The van der Waals surface area contributed by atoms with Crippen LogP contribution in [0.4, 0.5) is 5.69 Å². The minimum Gasteiger partial charge on any atom is -0.376 e. The average Bonchev–Trinajstić information content (AvgIpc) is 3.25. The van der Waals surface area contributed by atoms with Gasteiger partial charge < -0.3 is 19.4 Å². The van der Waals surface area contributed by atoms with E-state index in [-0.39, 0.29) is 23.3 Å². The number of anilines is 1. The molecule has 6 nitrogen and oxygen atoms in total. The van der Waals surface area contributed by atoms with Crippen LogP contribution in [0.15, 0.2) is 30.3 Å². The maximum atomic E-state index is 12.8. The molecule has 0 aromatic heterocycles. The second kappa shape index (κ2) is 8.74. The van der Waals surface area contributed by atoms with Crippen LogP contribution in [0.3, 0.4) is 0 Å². The van der Waals surface area contributed by atoms with Crippen molar-refractivity contribution in [2.24, 2.45) is 5.41 Å². The molecule has 0 saturated carbocycles. The third kappa shape index (κ3) is 4.74. The topological polar surface area (TPSA) is 53.1 Å². The van der Waals surface area contributed by atoms with E-state index in [1.165, 1.54) is 0 Å². The maximum absolute atomic E-state index is 12.8. The van der Waals surface area contributed by atoms with Gasteiger partial charge in [0.05, 0.1) is 12.6 Å². The van der Waals surface area contributed by atoms with Crippen molar-refractivity contribution >= 4 is 17.5 Å². The summed E-state index contributed by atoms with van der Waals surface area (Å²) in [6, 6.07) is 10.0. The van der Waals surface area contributed by atoms with Crippen molar-refractivity contribution in [2.75, 3.05) is 51.3 Å². The Morgan fingerprint density at radius 1 is 1.21 bits per heavy atom. The summed E-state index contributed by atoms with van der Waals surface area (Å²) in [5.74, 6) is 0.461. The lowest BCUT2D eigenvalue weighted by molar-refractivity contribution is -0.143. The third-order valence-electron chi connectivity index (χ3n) is 6.94. The summed E-state index contributed by atoms with van der Waals surface area (Å²) >= 11 is 0. The molecule has 3 saturated heterocycles. The zero-order chi connectivity index (χ0) is 20.3. The van der Waals surface area contributed by atoms with Crippen molar-refractivity contribution in [1.82, 2.24) is 9.80 Å². The number of hydrogen-bond acceptors (Lipinski definition) is 4. The number of amides is 2. The number of piperidine rings is 2. The monoisotopic (exact) mass is 399 g/mol. The highest BCUT2D eigenvalue weighted by atomic mass is 16.5.